The molecule has 3 aliphatic rings. The quantitative estimate of drug-likeness (QED) is 0.709. The number of nitrogens with one attached hydrogen (secondary N) is 1. The highest BCUT2D eigenvalue weighted by atomic mass is 35.5. The standard InChI is InChI=1S/C21H19ClN4O2/c1-10-11(5-12(22)18(25-10)21-7-20(2,8-21)9-21)14-6-15(27)16-13(26-14)3-4-24-17(16)19(23)28/h3-6H,7-9H2,1-2H3,(H2,23,28)(H,26,27). The highest BCUT2D eigenvalue weighted by Crippen LogP contribution is 2.73. The highest BCUT2D eigenvalue weighted by molar-refractivity contribution is 6.31. The van der Waals surface area contributed by atoms with E-state index in [1.807, 2.05) is 13.0 Å². The number of halogens is 1. The number of amides is 1. The third kappa shape index (κ3) is 2.27. The van der Waals surface area contributed by atoms with E-state index in [-0.39, 0.29) is 21.9 Å². The summed E-state index contributed by atoms with van der Waals surface area (Å²) in [7, 11) is 0. The molecular weight excluding hydrogens is 376 g/mol. The Morgan fingerprint density at radius 2 is 2.00 bits per heavy atom. The number of primary amides is 1. The van der Waals surface area contributed by atoms with E-state index in [1.54, 1.807) is 6.07 Å². The number of carbonyl (C=O) groups is 1. The number of hydrogen-bond donors (Lipinski definition) is 2. The largest absolute Gasteiger partial charge is 0.364 e. The van der Waals surface area contributed by atoms with Crippen molar-refractivity contribution < 1.29 is 4.79 Å². The van der Waals surface area contributed by atoms with Gasteiger partial charge >= 0.3 is 0 Å². The molecule has 3 aromatic heterocycles. The lowest BCUT2D eigenvalue weighted by atomic mass is 9.35. The van der Waals surface area contributed by atoms with E-state index < -0.39 is 5.91 Å². The van der Waals surface area contributed by atoms with Crippen molar-refractivity contribution in [3.63, 3.8) is 0 Å². The zero-order valence-corrected chi connectivity index (χ0v) is 16.4. The van der Waals surface area contributed by atoms with Crippen molar-refractivity contribution in [2.45, 2.75) is 38.5 Å². The number of nitrogens with zero attached hydrogens (tertiary/aromatic N) is 2. The molecule has 0 spiro atoms. The van der Waals surface area contributed by atoms with Gasteiger partial charge in [0, 0.05) is 28.9 Å². The van der Waals surface area contributed by atoms with Gasteiger partial charge in [-0.3, -0.25) is 19.6 Å². The maximum Gasteiger partial charge on any atom is 0.268 e. The molecule has 1 amide bonds. The average molecular weight is 395 g/mol. The third-order valence-corrected chi connectivity index (χ3v) is 6.52. The van der Waals surface area contributed by atoms with E-state index in [0.29, 0.717) is 21.6 Å². The van der Waals surface area contributed by atoms with Gasteiger partial charge in [0.1, 0.15) is 5.69 Å². The van der Waals surface area contributed by atoms with E-state index >= 15 is 0 Å². The van der Waals surface area contributed by atoms with Gasteiger partial charge in [-0.1, -0.05) is 18.5 Å². The van der Waals surface area contributed by atoms with Crippen LogP contribution in [0.15, 0.2) is 29.2 Å². The molecule has 0 atom stereocenters. The van der Waals surface area contributed by atoms with Crippen molar-refractivity contribution in [3.05, 3.63) is 56.7 Å². The molecule has 3 aliphatic carbocycles. The molecule has 6 nitrogen and oxygen atoms in total. The smallest absolute Gasteiger partial charge is 0.268 e. The van der Waals surface area contributed by atoms with Gasteiger partial charge in [-0.25, -0.2) is 0 Å². The first kappa shape index (κ1) is 17.4. The number of aryl methyl sites for hydroxylation is 1. The third-order valence-electron chi connectivity index (χ3n) is 6.23. The second-order valence-electron chi connectivity index (χ2n) is 8.57. The Balaban J connectivity index is 1.64. The van der Waals surface area contributed by atoms with Gasteiger partial charge in [0.2, 0.25) is 0 Å². The number of fused-ring (bicyclic) bond motifs is 1. The fourth-order valence-electron chi connectivity index (χ4n) is 5.30. The van der Waals surface area contributed by atoms with Gasteiger partial charge in [-0.05, 0) is 43.7 Å². The molecule has 3 saturated carbocycles. The summed E-state index contributed by atoms with van der Waals surface area (Å²) in [4.78, 5) is 36.3. The summed E-state index contributed by atoms with van der Waals surface area (Å²) in [5.74, 6) is -0.735. The normalized spacial score (nSPS) is 25.2. The van der Waals surface area contributed by atoms with Crippen LogP contribution in [0.25, 0.3) is 22.2 Å². The average Bonchev–Trinajstić information content (AvgIpc) is 2.59. The molecule has 0 aliphatic heterocycles. The number of hydrogen-bond acceptors (Lipinski definition) is 4. The van der Waals surface area contributed by atoms with Crippen LogP contribution >= 0.6 is 11.6 Å². The zero-order valence-electron chi connectivity index (χ0n) is 15.6. The summed E-state index contributed by atoms with van der Waals surface area (Å²) in [5, 5.41) is 0.824. The van der Waals surface area contributed by atoms with E-state index in [9.17, 15) is 9.59 Å². The van der Waals surface area contributed by atoms with Crippen LogP contribution in [0.3, 0.4) is 0 Å². The molecule has 7 heteroatoms. The van der Waals surface area contributed by atoms with E-state index in [0.717, 1.165) is 36.2 Å². The highest BCUT2D eigenvalue weighted by Gasteiger charge is 2.66. The van der Waals surface area contributed by atoms with Gasteiger partial charge < -0.3 is 10.7 Å². The lowest BCUT2D eigenvalue weighted by molar-refractivity contribution is -0.128. The number of aromatic amines is 1. The zero-order chi connectivity index (χ0) is 19.8. The van der Waals surface area contributed by atoms with Crippen molar-refractivity contribution in [2.24, 2.45) is 11.1 Å². The predicted octanol–water partition coefficient (Wildman–Crippen LogP) is 3.49. The number of rotatable bonds is 3. The molecule has 3 heterocycles. The van der Waals surface area contributed by atoms with Crippen LogP contribution in [0.5, 0.6) is 0 Å². The van der Waals surface area contributed by atoms with Gasteiger partial charge in [-0.15, -0.1) is 0 Å². The van der Waals surface area contributed by atoms with Crippen molar-refractivity contribution in [1.82, 2.24) is 15.0 Å². The maximum absolute atomic E-state index is 12.7. The molecule has 0 unspecified atom stereocenters. The van der Waals surface area contributed by atoms with Crippen molar-refractivity contribution >= 4 is 28.4 Å². The molecule has 0 saturated heterocycles. The molecule has 3 fully saturated rings. The molecule has 3 aromatic rings. The first-order chi connectivity index (χ1) is 13.2. The molecule has 0 aromatic carbocycles. The summed E-state index contributed by atoms with van der Waals surface area (Å²) in [5.41, 5.74) is 9.24. The van der Waals surface area contributed by atoms with Crippen LogP contribution in [0, 0.1) is 12.3 Å². The van der Waals surface area contributed by atoms with Gasteiger partial charge in [0.15, 0.2) is 5.43 Å². The summed E-state index contributed by atoms with van der Waals surface area (Å²) in [6.45, 7) is 4.23. The maximum atomic E-state index is 12.7. The first-order valence-corrected chi connectivity index (χ1v) is 9.59. The van der Waals surface area contributed by atoms with Crippen LogP contribution < -0.4 is 11.2 Å². The fourth-order valence-corrected chi connectivity index (χ4v) is 5.66. The monoisotopic (exact) mass is 394 g/mol. The summed E-state index contributed by atoms with van der Waals surface area (Å²) in [6.07, 6.45) is 4.87. The van der Waals surface area contributed by atoms with Crippen LogP contribution in [-0.4, -0.2) is 20.9 Å². The molecule has 2 bridgehead atoms. The molecule has 28 heavy (non-hydrogen) atoms. The second kappa shape index (κ2) is 5.41. The summed E-state index contributed by atoms with van der Waals surface area (Å²) < 4.78 is 0. The summed E-state index contributed by atoms with van der Waals surface area (Å²) >= 11 is 6.62. The lowest BCUT2D eigenvalue weighted by Crippen LogP contribution is -2.63. The Kier molecular flexibility index (Phi) is 3.36. The predicted molar refractivity (Wildman–Crippen MR) is 107 cm³/mol. The molecule has 3 N–H and O–H groups in total. The Hall–Kier alpha value is -2.73. The van der Waals surface area contributed by atoms with Crippen molar-refractivity contribution in [3.8, 4) is 11.3 Å². The van der Waals surface area contributed by atoms with Gasteiger partial charge in [0.05, 0.1) is 27.3 Å². The Morgan fingerprint density at radius 1 is 1.29 bits per heavy atom. The first-order valence-electron chi connectivity index (χ1n) is 9.21. The van der Waals surface area contributed by atoms with Crippen molar-refractivity contribution in [2.75, 3.05) is 0 Å². The SMILES string of the molecule is Cc1nc(C23CC(C)(C2)C3)c(Cl)cc1-c1cc(=O)c2c(C(N)=O)nccc2[nH]1. The number of nitrogens with two attached hydrogens (primary N) is 1. The Labute approximate surface area is 166 Å². The lowest BCUT2D eigenvalue weighted by Gasteiger charge is -2.69. The van der Waals surface area contributed by atoms with Crippen LogP contribution in [-0.2, 0) is 5.41 Å². The Morgan fingerprint density at radius 3 is 2.64 bits per heavy atom. The van der Waals surface area contributed by atoms with Gasteiger partial charge in [-0.2, -0.15) is 0 Å². The minimum absolute atomic E-state index is 0.0364. The van der Waals surface area contributed by atoms with Gasteiger partial charge in [0.25, 0.3) is 5.91 Å². The number of aromatic nitrogens is 3. The van der Waals surface area contributed by atoms with Crippen LogP contribution in [0.2, 0.25) is 5.02 Å². The number of pyridine rings is 3. The number of H-pyrrole nitrogens is 1. The van der Waals surface area contributed by atoms with E-state index in [1.165, 1.54) is 12.3 Å². The molecule has 6 rings (SSSR count). The van der Waals surface area contributed by atoms with E-state index in [2.05, 4.69) is 16.9 Å². The minimum atomic E-state index is -0.735. The Bertz CT molecular complexity index is 1230. The molecular formula is C21H19ClN4O2. The van der Waals surface area contributed by atoms with Crippen LogP contribution in [0.4, 0.5) is 0 Å². The van der Waals surface area contributed by atoms with Crippen LogP contribution in [0.1, 0.15) is 48.1 Å². The second-order valence-corrected chi connectivity index (χ2v) is 8.97. The fraction of sp³-hybridized carbons (Fsp3) is 0.333. The number of carbonyl (C=O) groups excluding carboxylic acids is 1. The summed E-state index contributed by atoms with van der Waals surface area (Å²) in [6, 6.07) is 4.97. The van der Waals surface area contributed by atoms with E-state index in [4.69, 9.17) is 22.3 Å². The minimum Gasteiger partial charge on any atom is -0.364 e. The topological polar surface area (TPSA) is 102 Å². The molecule has 142 valence electrons. The molecule has 0 radical (unpaired) electrons. The van der Waals surface area contributed by atoms with Crippen molar-refractivity contribution in [1.29, 1.82) is 0 Å².